The fourth-order valence-electron chi connectivity index (χ4n) is 2.30. The standard InChI is InChI=1S/C16H13ClN2O2/c1-21-16-6-5-12(17)8-11(16)9-15(20)13-10-18-19-7-3-2-4-14(13)19/h2-8,10H,9H2,1H3. The number of pyridine rings is 1. The number of hydrogen-bond acceptors (Lipinski definition) is 3. The number of ketones is 1. The van der Waals surface area contributed by atoms with E-state index in [9.17, 15) is 4.79 Å². The van der Waals surface area contributed by atoms with Crippen LogP contribution in [0, 0.1) is 0 Å². The van der Waals surface area contributed by atoms with Gasteiger partial charge in [-0.25, -0.2) is 4.52 Å². The van der Waals surface area contributed by atoms with Crippen LogP contribution in [-0.4, -0.2) is 22.5 Å². The van der Waals surface area contributed by atoms with Gasteiger partial charge in [-0.2, -0.15) is 5.10 Å². The van der Waals surface area contributed by atoms with E-state index in [4.69, 9.17) is 16.3 Å². The van der Waals surface area contributed by atoms with Gasteiger partial charge in [0.25, 0.3) is 0 Å². The van der Waals surface area contributed by atoms with Crippen molar-refractivity contribution in [3.05, 3.63) is 64.9 Å². The number of methoxy groups -OCH3 is 1. The Morgan fingerprint density at radius 1 is 1.33 bits per heavy atom. The van der Waals surface area contributed by atoms with E-state index in [2.05, 4.69) is 5.10 Å². The number of hydrogen-bond donors (Lipinski definition) is 0. The van der Waals surface area contributed by atoms with E-state index < -0.39 is 0 Å². The molecule has 0 aliphatic heterocycles. The lowest BCUT2D eigenvalue weighted by atomic mass is 10.0. The predicted octanol–water partition coefficient (Wildman–Crippen LogP) is 3.42. The molecule has 3 aromatic rings. The van der Waals surface area contributed by atoms with Crippen LogP contribution in [0.3, 0.4) is 0 Å². The lowest BCUT2D eigenvalue weighted by Gasteiger charge is -2.08. The van der Waals surface area contributed by atoms with E-state index in [1.165, 1.54) is 0 Å². The highest BCUT2D eigenvalue weighted by Gasteiger charge is 2.15. The number of ether oxygens (including phenoxy) is 1. The summed E-state index contributed by atoms with van der Waals surface area (Å²) in [7, 11) is 1.58. The van der Waals surface area contributed by atoms with Crippen molar-refractivity contribution in [2.45, 2.75) is 6.42 Å². The molecule has 106 valence electrons. The van der Waals surface area contributed by atoms with Crippen LogP contribution in [0.2, 0.25) is 5.02 Å². The third-order valence-electron chi connectivity index (χ3n) is 3.32. The molecule has 0 amide bonds. The highest BCUT2D eigenvalue weighted by atomic mass is 35.5. The van der Waals surface area contributed by atoms with Crippen LogP contribution in [0.5, 0.6) is 5.75 Å². The molecule has 21 heavy (non-hydrogen) atoms. The van der Waals surface area contributed by atoms with Crippen LogP contribution in [0.25, 0.3) is 5.52 Å². The van der Waals surface area contributed by atoms with E-state index in [-0.39, 0.29) is 12.2 Å². The van der Waals surface area contributed by atoms with Crippen molar-refractivity contribution >= 4 is 22.9 Å². The molecular formula is C16H13ClN2O2. The van der Waals surface area contributed by atoms with E-state index in [1.54, 1.807) is 36.0 Å². The number of carbonyl (C=O) groups excluding carboxylic acids is 1. The summed E-state index contributed by atoms with van der Waals surface area (Å²) in [5.74, 6) is 0.640. The van der Waals surface area contributed by atoms with Gasteiger partial charge in [0.2, 0.25) is 0 Å². The number of rotatable bonds is 4. The quantitative estimate of drug-likeness (QED) is 0.693. The number of halogens is 1. The average molecular weight is 301 g/mol. The van der Waals surface area contributed by atoms with E-state index in [1.807, 2.05) is 24.4 Å². The number of fused-ring (bicyclic) bond motifs is 1. The molecule has 3 rings (SSSR count). The molecule has 0 spiro atoms. The second-order valence-corrected chi connectivity index (χ2v) is 5.08. The van der Waals surface area contributed by atoms with Gasteiger partial charge in [0.05, 0.1) is 24.4 Å². The number of carbonyl (C=O) groups is 1. The van der Waals surface area contributed by atoms with Gasteiger partial charge in [-0.1, -0.05) is 17.7 Å². The summed E-state index contributed by atoms with van der Waals surface area (Å²) in [6, 6.07) is 10.9. The minimum atomic E-state index is -0.0169. The van der Waals surface area contributed by atoms with E-state index in [0.717, 1.165) is 11.1 Å². The van der Waals surface area contributed by atoms with E-state index in [0.29, 0.717) is 16.3 Å². The predicted molar refractivity (Wildman–Crippen MR) is 81.2 cm³/mol. The highest BCUT2D eigenvalue weighted by Crippen LogP contribution is 2.24. The first-order valence-electron chi connectivity index (χ1n) is 6.47. The molecule has 0 unspecified atom stereocenters. The van der Waals surface area contributed by atoms with Crippen molar-refractivity contribution < 1.29 is 9.53 Å². The van der Waals surface area contributed by atoms with Crippen LogP contribution in [0.4, 0.5) is 0 Å². The summed E-state index contributed by atoms with van der Waals surface area (Å²) in [4.78, 5) is 12.5. The molecule has 0 atom stereocenters. The number of Topliss-reactive ketones (excluding diaryl/α,β-unsaturated/α-hetero) is 1. The molecule has 0 aliphatic carbocycles. The SMILES string of the molecule is COc1ccc(Cl)cc1CC(=O)c1cnn2ccccc12. The number of nitrogens with zero attached hydrogens (tertiary/aromatic N) is 2. The zero-order valence-electron chi connectivity index (χ0n) is 11.4. The summed E-state index contributed by atoms with van der Waals surface area (Å²) in [6.45, 7) is 0. The maximum absolute atomic E-state index is 12.5. The van der Waals surface area contributed by atoms with Gasteiger partial charge < -0.3 is 4.74 Å². The molecule has 2 aromatic heterocycles. The molecule has 0 radical (unpaired) electrons. The molecule has 0 N–H and O–H groups in total. The van der Waals surface area contributed by atoms with Gasteiger partial charge >= 0.3 is 0 Å². The first-order chi connectivity index (χ1) is 10.2. The highest BCUT2D eigenvalue weighted by molar-refractivity contribution is 6.30. The van der Waals surface area contributed by atoms with Crippen LogP contribution in [0.1, 0.15) is 15.9 Å². The Hall–Kier alpha value is -2.33. The Balaban J connectivity index is 1.95. The molecular weight excluding hydrogens is 288 g/mol. The molecule has 4 nitrogen and oxygen atoms in total. The molecule has 0 aliphatic rings. The van der Waals surface area contributed by atoms with Crippen LogP contribution < -0.4 is 4.74 Å². The lowest BCUT2D eigenvalue weighted by molar-refractivity contribution is 0.0993. The van der Waals surface area contributed by atoms with Gasteiger partial charge in [0, 0.05) is 23.2 Å². The Labute approximate surface area is 126 Å². The molecule has 0 saturated carbocycles. The topological polar surface area (TPSA) is 43.6 Å². The van der Waals surface area contributed by atoms with Crippen molar-refractivity contribution in [2.24, 2.45) is 0 Å². The first-order valence-corrected chi connectivity index (χ1v) is 6.85. The van der Waals surface area contributed by atoms with Crippen LogP contribution >= 0.6 is 11.6 Å². The fourth-order valence-corrected chi connectivity index (χ4v) is 2.50. The third kappa shape index (κ3) is 2.62. The van der Waals surface area contributed by atoms with Gasteiger partial charge in [-0.15, -0.1) is 0 Å². The first kappa shape index (κ1) is 13.6. The zero-order chi connectivity index (χ0) is 14.8. The second-order valence-electron chi connectivity index (χ2n) is 4.64. The van der Waals surface area contributed by atoms with Crippen molar-refractivity contribution in [1.82, 2.24) is 9.61 Å². The molecule has 5 heteroatoms. The Bertz CT molecular complexity index is 811. The van der Waals surface area contributed by atoms with Gasteiger partial charge in [-0.3, -0.25) is 4.79 Å². The molecule has 1 aromatic carbocycles. The summed E-state index contributed by atoms with van der Waals surface area (Å²) in [5, 5.41) is 4.76. The summed E-state index contributed by atoms with van der Waals surface area (Å²) in [5.41, 5.74) is 2.16. The van der Waals surface area contributed by atoms with Crippen molar-refractivity contribution in [3.8, 4) is 5.75 Å². The summed E-state index contributed by atoms with van der Waals surface area (Å²) >= 11 is 5.99. The van der Waals surface area contributed by atoms with Crippen LogP contribution in [-0.2, 0) is 6.42 Å². The third-order valence-corrected chi connectivity index (χ3v) is 3.56. The molecule has 0 fully saturated rings. The minimum absolute atomic E-state index is 0.0169. The van der Waals surface area contributed by atoms with Crippen molar-refractivity contribution in [1.29, 1.82) is 0 Å². The Morgan fingerprint density at radius 3 is 3.00 bits per heavy atom. The smallest absolute Gasteiger partial charge is 0.171 e. The monoisotopic (exact) mass is 300 g/mol. The maximum atomic E-state index is 12.5. The second kappa shape index (κ2) is 5.58. The van der Waals surface area contributed by atoms with Crippen molar-refractivity contribution in [2.75, 3.05) is 7.11 Å². The molecule has 0 saturated heterocycles. The molecule has 2 heterocycles. The zero-order valence-corrected chi connectivity index (χ0v) is 12.2. The van der Waals surface area contributed by atoms with E-state index >= 15 is 0 Å². The normalized spacial score (nSPS) is 10.8. The van der Waals surface area contributed by atoms with Gasteiger partial charge in [0.15, 0.2) is 5.78 Å². The molecule has 0 bridgehead atoms. The van der Waals surface area contributed by atoms with Gasteiger partial charge in [0.1, 0.15) is 5.75 Å². The van der Waals surface area contributed by atoms with Gasteiger partial charge in [-0.05, 0) is 30.3 Å². The lowest BCUT2D eigenvalue weighted by Crippen LogP contribution is -2.05. The maximum Gasteiger partial charge on any atom is 0.171 e. The van der Waals surface area contributed by atoms with Crippen molar-refractivity contribution in [3.63, 3.8) is 0 Å². The number of benzene rings is 1. The summed E-state index contributed by atoms with van der Waals surface area (Å²) < 4.78 is 6.96. The summed E-state index contributed by atoms with van der Waals surface area (Å²) in [6.07, 6.45) is 3.63. The Morgan fingerprint density at radius 2 is 2.19 bits per heavy atom. The average Bonchev–Trinajstić information content (AvgIpc) is 2.91. The fraction of sp³-hybridized carbons (Fsp3) is 0.125. The Kier molecular flexibility index (Phi) is 3.62. The van der Waals surface area contributed by atoms with Crippen LogP contribution in [0.15, 0.2) is 48.8 Å². The number of aromatic nitrogens is 2. The largest absolute Gasteiger partial charge is 0.496 e. The minimum Gasteiger partial charge on any atom is -0.496 e.